The van der Waals surface area contributed by atoms with Crippen LogP contribution in [-0.2, 0) is 24.8 Å². The monoisotopic (exact) mass is 527 g/mol. The third-order valence-electron chi connectivity index (χ3n) is 7.08. The molecule has 0 bridgehead atoms. The molecule has 0 spiro atoms. The predicted molar refractivity (Wildman–Crippen MR) is 147 cm³/mol. The molecule has 12 heteroatoms. The molecule has 1 fully saturated rings. The topological polar surface area (TPSA) is 134 Å². The molecule has 4 aromatic rings. The van der Waals surface area contributed by atoms with Crippen molar-refractivity contribution in [2.24, 2.45) is 7.05 Å². The Morgan fingerprint density at radius 3 is 2.62 bits per heavy atom. The highest BCUT2D eigenvalue weighted by Crippen LogP contribution is 2.32. The Hall–Kier alpha value is -4.58. The van der Waals surface area contributed by atoms with Crippen LogP contribution in [0, 0.1) is 0 Å². The van der Waals surface area contributed by atoms with E-state index < -0.39 is 5.69 Å². The van der Waals surface area contributed by atoms with E-state index in [0.29, 0.717) is 37.3 Å². The minimum atomic E-state index is -0.483. The van der Waals surface area contributed by atoms with Crippen molar-refractivity contribution in [3.8, 4) is 11.4 Å². The molecule has 1 atom stereocenters. The highest BCUT2D eigenvalue weighted by Gasteiger charge is 2.29. The number of hydrogen-bond acceptors (Lipinski definition) is 10. The van der Waals surface area contributed by atoms with Gasteiger partial charge < -0.3 is 19.9 Å². The molecule has 39 heavy (non-hydrogen) atoms. The van der Waals surface area contributed by atoms with E-state index in [-0.39, 0.29) is 11.6 Å². The second-order valence-electron chi connectivity index (χ2n) is 9.72. The molecule has 0 saturated carbocycles. The summed E-state index contributed by atoms with van der Waals surface area (Å²) in [6, 6.07) is 11.0. The van der Waals surface area contributed by atoms with Gasteiger partial charge in [-0.25, -0.2) is 24.7 Å². The molecule has 1 saturated heterocycles. The maximum absolute atomic E-state index is 12.0. The number of nitrogens with one attached hydrogen (secondary N) is 2. The molecule has 0 aliphatic carbocycles. The number of benzene rings is 1. The zero-order chi connectivity index (χ0) is 26.9. The van der Waals surface area contributed by atoms with E-state index in [4.69, 9.17) is 14.7 Å². The summed E-state index contributed by atoms with van der Waals surface area (Å²) in [7, 11) is 1.43. The van der Waals surface area contributed by atoms with E-state index in [1.165, 1.54) is 13.1 Å². The van der Waals surface area contributed by atoms with Crippen LogP contribution in [0.5, 0.6) is 0 Å². The summed E-state index contributed by atoms with van der Waals surface area (Å²) in [5, 5.41) is 3.08. The maximum atomic E-state index is 12.0. The fraction of sp³-hybridized carbons (Fsp3) is 0.333. The number of aromatic nitrogens is 6. The molecule has 0 amide bonds. The Morgan fingerprint density at radius 2 is 1.87 bits per heavy atom. The quantitative estimate of drug-likeness (QED) is 0.396. The molecular formula is C27H29N9O3. The Bertz CT molecular complexity index is 1570. The van der Waals surface area contributed by atoms with Crippen LogP contribution in [0.2, 0.25) is 0 Å². The largest absolute Gasteiger partial charge is 0.377 e. The molecule has 2 N–H and O–H groups in total. The Labute approximate surface area is 224 Å². The minimum Gasteiger partial charge on any atom is -0.377 e. The van der Waals surface area contributed by atoms with Gasteiger partial charge in [-0.2, -0.15) is 0 Å². The van der Waals surface area contributed by atoms with E-state index in [1.807, 2.05) is 30.3 Å². The molecule has 1 aromatic carbocycles. The smallest absolute Gasteiger partial charge is 0.329 e. The van der Waals surface area contributed by atoms with Gasteiger partial charge in [0.25, 0.3) is 5.56 Å². The normalized spacial score (nSPS) is 17.1. The van der Waals surface area contributed by atoms with Crippen LogP contribution in [0.1, 0.15) is 18.2 Å². The van der Waals surface area contributed by atoms with Crippen LogP contribution in [-0.4, -0.2) is 61.8 Å². The number of anilines is 4. The van der Waals surface area contributed by atoms with Crippen molar-refractivity contribution >= 4 is 23.3 Å². The number of H-pyrrole nitrogens is 1. The maximum Gasteiger partial charge on any atom is 0.329 e. The summed E-state index contributed by atoms with van der Waals surface area (Å²) in [5.41, 5.74) is 2.83. The van der Waals surface area contributed by atoms with Gasteiger partial charge >= 0.3 is 5.69 Å². The van der Waals surface area contributed by atoms with Crippen LogP contribution in [0.3, 0.4) is 0 Å². The molecule has 6 rings (SSSR count). The van der Waals surface area contributed by atoms with E-state index >= 15 is 0 Å². The number of hydrogen-bond donors (Lipinski definition) is 2. The summed E-state index contributed by atoms with van der Waals surface area (Å²) in [6.07, 6.45) is 4.30. The van der Waals surface area contributed by atoms with Gasteiger partial charge in [-0.15, -0.1) is 0 Å². The lowest BCUT2D eigenvalue weighted by Gasteiger charge is -2.37. The van der Waals surface area contributed by atoms with Crippen molar-refractivity contribution in [3.63, 3.8) is 0 Å². The van der Waals surface area contributed by atoms with Crippen LogP contribution < -0.4 is 26.4 Å². The summed E-state index contributed by atoms with van der Waals surface area (Å²) in [5.74, 6) is 2.60. The van der Waals surface area contributed by atoms with Crippen LogP contribution in [0.15, 0.2) is 58.4 Å². The van der Waals surface area contributed by atoms with E-state index in [9.17, 15) is 9.59 Å². The Balaban J connectivity index is 1.34. The molecule has 2 aliphatic rings. The molecule has 5 heterocycles. The van der Waals surface area contributed by atoms with Gasteiger partial charge in [-0.05, 0) is 43.7 Å². The van der Waals surface area contributed by atoms with Crippen LogP contribution >= 0.6 is 0 Å². The average molecular weight is 528 g/mol. The third kappa shape index (κ3) is 4.98. The van der Waals surface area contributed by atoms with Gasteiger partial charge in [0.15, 0.2) is 5.82 Å². The fourth-order valence-corrected chi connectivity index (χ4v) is 4.93. The van der Waals surface area contributed by atoms with Crippen molar-refractivity contribution < 1.29 is 4.74 Å². The molecule has 1 unspecified atom stereocenters. The molecule has 2 aliphatic heterocycles. The zero-order valence-electron chi connectivity index (χ0n) is 21.8. The van der Waals surface area contributed by atoms with Crippen molar-refractivity contribution in [2.45, 2.75) is 25.9 Å². The highest BCUT2D eigenvalue weighted by molar-refractivity contribution is 5.66. The van der Waals surface area contributed by atoms with Gasteiger partial charge in [0.05, 0.1) is 31.5 Å². The van der Waals surface area contributed by atoms with Gasteiger partial charge in [-0.3, -0.25) is 14.3 Å². The zero-order valence-corrected chi connectivity index (χ0v) is 21.8. The van der Waals surface area contributed by atoms with E-state index in [2.05, 4.69) is 37.0 Å². The first kappa shape index (κ1) is 24.7. The highest BCUT2D eigenvalue weighted by atomic mass is 16.5. The molecule has 200 valence electrons. The van der Waals surface area contributed by atoms with Gasteiger partial charge in [0, 0.05) is 55.4 Å². The lowest BCUT2D eigenvalue weighted by Crippen LogP contribution is -2.45. The fourth-order valence-electron chi connectivity index (χ4n) is 4.93. The van der Waals surface area contributed by atoms with E-state index in [0.717, 1.165) is 52.4 Å². The third-order valence-corrected chi connectivity index (χ3v) is 7.08. The molecule has 0 radical (unpaired) electrons. The Morgan fingerprint density at radius 1 is 1.08 bits per heavy atom. The number of fused-ring (bicyclic) bond motifs is 1. The standard InChI is InChI=1S/C27H29N9O3/c1-17-16-39-13-12-36(17)25-20-8-11-35(26-28-9-3-10-29-26)15-21(20)31-24(33-25)18-4-6-19(7-5-18)30-22-14-23(37)34(2)27(38)32-22/h3-7,9-10,14,17,30H,8,11-13,15-16H2,1-2H3,(H,32,38). The lowest BCUT2D eigenvalue weighted by atomic mass is 10.0. The van der Waals surface area contributed by atoms with Gasteiger partial charge in [0.1, 0.15) is 11.6 Å². The van der Waals surface area contributed by atoms with Crippen LogP contribution in [0.25, 0.3) is 11.4 Å². The summed E-state index contributed by atoms with van der Waals surface area (Å²) in [4.78, 5) is 50.0. The van der Waals surface area contributed by atoms with Gasteiger partial charge in [-0.1, -0.05) is 0 Å². The molecular weight excluding hydrogens is 498 g/mol. The number of ether oxygens (including phenoxy) is 1. The first-order valence-electron chi connectivity index (χ1n) is 12.9. The first-order chi connectivity index (χ1) is 19.0. The summed E-state index contributed by atoms with van der Waals surface area (Å²) in [6.45, 7) is 5.62. The molecule has 12 nitrogen and oxygen atoms in total. The summed E-state index contributed by atoms with van der Waals surface area (Å²) >= 11 is 0. The second-order valence-corrected chi connectivity index (χ2v) is 9.72. The minimum absolute atomic E-state index is 0.202. The van der Waals surface area contributed by atoms with Crippen molar-refractivity contribution in [1.29, 1.82) is 0 Å². The number of morpholine rings is 1. The van der Waals surface area contributed by atoms with E-state index in [1.54, 1.807) is 12.4 Å². The number of nitrogens with zero attached hydrogens (tertiary/aromatic N) is 7. The lowest BCUT2D eigenvalue weighted by molar-refractivity contribution is 0.0984. The van der Waals surface area contributed by atoms with Crippen molar-refractivity contribution in [1.82, 2.24) is 29.5 Å². The number of rotatable bonds is 5. The predicted octanol–water partition coefficient (Wildman–Crippen LogP) is 1.85. The molecule has 3 aromatic heterocycles. The average Bonchev–Trinajstić information content (AvgIpc) is 2.96. The van der Waals surface area contributed by atoms with Crippen LogP contribution in [0.4, 0.5) is 23.3 Å². The first-order valence-corrected chi connectivity index (χ1v) is 12.9. The van der Waals surface area contributed by atoms with Crippen molar-refractivity contribution in [3.05, 3.63) is 80.9 Å². The van der Waals surface area contributed by atoms with Gasteiger partial charge in [0.2, 0.25) is 5.95 Å². The second kappa shape index (κ2) is 10.3. The SMILES string of the molecule is CC1COCCN1c1nc(-c2ccc(Nc3cc(=O)n(C)c(=O)[nH]3)cc2)nc2c1CCN(c1ncccn1)C2. The Kier molecular flexibility index (Phi) is 6.53. The van der Waals surface area contributed by atoms with Crippen molar-refractivity contribution in [2.75, 3.05) is 41.4 Å². The summed E-state index contributed by atoms with van der Waals surface area (Å²) < 4.78 is 6.70. The number of aromatic amines is 1.